The fourth-order valence-corrected chi connectivity index (χ4v) is 6.74. The smallest absolute Gasteiger partial charge is 0.268 e. The van der Waals surface area contributed by atoms with Gasteiger partial charge in [0.05, 0.1) is 13.2 Å². The van der Waals surface area contributed by atoms with Crippen LogP contribution in [0.15, 0.2) is 24.3 Å². The Morgan fingerprint density at radius 1 is 1.34 bits per heavy atom. The maximum absolute atomic E-state index is 13.5. The van der Waals surface area contributed by atoms with E-state index >= 15 is 0 Å². The number of fused-ring (bicyclic) bond motifs is 6. The lowest BCUT2D eigenvalue weighted by Crippen LogP contribution is -2.59. The SMILES string of the molecule is COc1cccc2[nH]c(C(=O)NC(CC3CC3)C(=O)NC3(C#N)CC4CC3C3C(=O)NCC43)cc12. The Labute approximate surface area is 203 Å². The molecule has 2 bridgehead atoms. The molecule has 4 fully saturated rings. The lowest BCUT2D eigenvalue weighted by atomic mass is 9.71. The summed E-state index contributed by atoms with van der Waals surface area (Å²) in [6, 6.07) is 8.87. The molecular weight excluding hydrogens is 446 g/mol. The summed E-state index contributed by atoms with van der Waals surface area (Å²) in [5, 5.41) is 19.8. The monoisotopic (exact) mass is 475 g/mol. The maximum Gasteiger partial charge on any atom is 0.268 e. The van der Waals surface area contributed by atoms with Gasteiger partial charge in [-0.05, 0) is 55.2 Å². The van der Waals surface area contributed by atoms with Crippen LogP contribution in [0.2, 0.25) is 0 Å². The summed E-state index contributed by atoms with van der Waals surface area (Å²) in [4.78, 5) is 42.2. The zero-order valence-electron chi connectivity index (χ0n) is 19.6. The first-order valence-electron chi connectivity index (χ1n) is 12.4. The zero-order valence-corrected chi connectivity index (χ0v) is 19.6. The number of nitriles is 1. The molecule has 3 aliphatic carbocycles. The van der Waals surface area contributed by atoms with Gasteiger partial charge in [0, 0.05) is 29.3 Å². The highest BCUT2D eigenvalue weighted by atomic mass is 16.5. The Kier molecular flexibility index (Phi) is 5.02. The molecule has 9 heteroatoms. The number of nitrogens with zero attached hydrogens (tertiary/aromatic N) is 1. The van der Waals surface area contributed by atoms with Crippen LogP contribution in [-0.4, -0.2) is 47.9 Å². The van der Waals surface area contributed by atoms with Crippen molar-refractivity contribution >= 4 is 28.6 Å². The predicted octanol–water partition coefficient (Wildman–Crippen LogP) is 1.86. The summed E-state index contributed by atoms with van der Waals surface area (Å²) in [7, 11) is 1.58. The molecule has 35 heavy (non-hydrogen) atoms. The molecular formula is C26H29N5O4. The van der Waals surface area contributed by atoms with Crippen molar-refractivity contribution in [1.82, 2.24) is 20.9 Å². The second-order valence-electron chi connectivity index (χ2n) is 10.6. The zero-order chi connectivity index (χ0) is 24.3. The van der Waals surface area contributed by atoms with Crippen molar-refractivity contribution in [2.75, 3.05) is 13.7 Å². The molecule has 0 spiro atoms. The molecule has 6 rings (SSSR count). The maximum atomic E-state index is 13.5. The number of ether oxygens (including phenoxy) is 1. The van der Waals surface area contributed by atoms with Gasteiger partial charge in [-0.25, -0.2) is 0 Å². The van der Waals surface area contributed by atoms with Crippen LogP contribution in [0.25, 0.3) is 10.9 Å². The third kappa shape index (κ3) is 3.54. The Morgan fingerprint density at radius 2 is 2.17 bits per heavy atom. The van der Waals surface area contributed by atoms with Gasteiger partial charge in [0.2, 0.25) is 11.8 Å². The van der Waals surface area contributed by atoms with Crippen molar-refractivity contribution < 1.29 is 19.1 Å². The average molecular weight is 476 g/mol. The van der Waals surface area contributed by atoms with Gasteiger partial charge < -0.3 is 25.7 Å². The number of aromatic amines is 1. The number of hydrogen-bond acceptors (Lipinski definition) is 5. The lowest BCUT2D eigenvalue weighted by molar-refractivity contribution is -0.128. The second kappa shape index (κ2) is 8.01. The minimum atomic E-state index is -1.06. The average Bonchev–Trinajstić information content (AvgIpc) is 3.18. The van der Waals surface area contributed by atoms with Gasteiger partial charge in [0.25, 0.3) is 5.91 Å². The normalized spacial score (nSPS) is 31.5. The Hall–Kier alpha value is -3.54. The van der Waals surface area contributed by atoms with Crippen LogP contribution in [0.4, 0.5) is 0 Å². The molecule has 0 radical (unpaired) electrons. The van der Waals surface area contributed by atoms with E-state index in [1.54, 1.807) is 13.2 Å². The predicted molar refractivity (Wildman–Crippen MR) is 126 cm³/mol. The van der Waals surface area contributed by atoms with Crippen molar-refractivity contribution in [1.29, 1.82) is 5.26 Å². The van der Waals surface area contributed by atoms with Gasteiger partial charge in [0.1, 0.15) is 23.0 Å². The first kappa shape index (κ1) is 22.0. The molecule has 1 aliphatic heterocycles. The molecule has 1 aromatic heterocycles. The van der Waals surface area contributed by atoms with Gasteiger partial charge in [-0.2, -0.15) is 5.26 Å². The number of methoxy groups -OCH3 is 1. The lowest BCUT2D eigenvalue weighted by Gasteiger charge is -2.37. The van der Waals surface area contributed by atoms with E-state index in [9.17, 15) is 19.6 Å². The molecule has 9 nitrogen and oxygen atoms in total. The van der Waals surface area contributed by atoms with E-state index in [-0.39, 0.29) is 41.4 Å². The van der Waals surface area contributed by atoms with E-state index < -0.39 is 11.6 Å². The third-order valence-corrected chi connectivity index (χ3v) is 8.61. The Balaban J connectivity index is 1.21. The van der Waals surface area contributed by atoms with Crippen LogP contribution in [0.3, 0.4) is 0 Å². The van der Waals surface area contributed by atoms with Gasteiger partial charge in [0.15, 0.2) is 0 Å². The number of rotatable bonds is 7. The first-order valence-corrected chi connectivity index (χ1v) is 12.4. The molecule has 2 heterocycles. The van der Waals surface area contributed by atoms with Gasteiger partial charge in [-0.3, -0.25) is 14.4 Å². The van der Waals surface area contributed by atoms with E-state index in [0.717, 1.165) is 30.2 Å². The van der Waals surface area contributed by atoms with Crippen molar-refractivity contribution in [2.45, 2.75) is 43.7 Å². The minimum absolute atomic E-state index is 0.00635. The molecule has 182 valence electrons. The molecule has 3 saturated carbocycles. The van der Waals surface area contributed by atoms with Gasteiger partial charge >= 0.3 is 0 Å². The highest BCUT2D eigenvalue weighted by Crippen LogP contribution is 2.58. The topological polar surface area (TPSA) is 136 Å². The van der Waals surface area contributed by atoms with Gasteiger partial charge in [-0.1, -0.05) is 18.9 Å². The van der Waals surface area contributed by atoms with E-state index in [2.05, 4.69) is 27.0 Å². The quantitative estimate of drug-likeness (QED) is 0.485. The minimum Gasteiger partial charge on any atom is -0.496 e. The van der Waals surface area contributed by atoms with Crippen LogP contribution < -0.4 is 20.7 Å². The molecule has 4 N–H and O–H groups in total. The van der Waals surface area contributed by atoms with Crippen LogP contribution in [0.1, 0.15) is 42.6 Å². The van der Waals surface area contributed by atoms with E-state index in [1.807, 2.05) is 18.2 Å². The number of hydrogen-bond donors (Lipinski definition) is 4. The Bertz CT molecular complexity index is 1260. The van der Waals surface area contributed by atoms with E-state index in [4.69, 9.17) is 4.74 Å². The molecule has 6 atom stereocenters. The molecule has 2 aromatic rings. The molecule has 6 unspecified atom stereocenters. The van der Waals surface area contributed by atoms with Crippen LogP contribution in [0.5, 0.6) is 5.75 Å². The number of aromatic nitrogens is 1. The number of amides is 3. The highest BCUT2D eigenvalue weighted by Gasteiger charge is 2.65. The highest BCUT2D eigenvalue weighted by molar-refractivity contribution is 6.01. The Morgan fingerprint density at radius 3 is 2.91 bits per heavy atom. The summed E-state index contributed by atoms with van der Waals surface area (Å²) in [6.07, 6.45) is 3.93. The summed E-state index contributed by atoms with van der Waals surface area (Å²) in [5.74, 6) is 0.422. The van der Waals surface area contributed by atoms with Gasteiger partial charge in [-0.15, -0.1) is 0 Å². The molecule has 1 saturated heterocycles. The summed E-state index contributed by atoms with van der Waals surface area (Å²) < 4.78 is 5.39. The molecule has 1 aromatic carbocycles. The van der Waals surface area contributed by atoms with Crippen molar-refractivity contribution in [3.8, 4) is 11.8 Å². The third-order valence-electron chi connectivity index (χ3n) is 8.61. The standard InChI is InChI=1S/C26H29N5O4/c1-35-21-4-2-3-18-15(21)9-20(29-18)23(32)30-19(7-13-5-6-13)24(33)31-26(12-27)10-14-8-17(26)22-16(14)11-28-25(22)34/h2-4,9,13-14,16-17,19,22,29H,5-8,10-11H2,1H3,(H,28,34)(H,30,32)(H,31,33). The second-order valence-corrected chi connectivity index (χ2v) is 10.6. The fraction of sp³-hybridized carbons (Fsp3) is 0.538. The van der Waals surface area contributed by atoms with E-state index in [1.165, 1.54) is 0 Å². The molecule has 3 amide bonds. The largest absolute Gasteiger partial charge is 0.496 e. The van der Waals surface area contributed by atoms with Crippen molar-refractivity contribution in [3.05, 3.63) is 30.0 Å². The molecule has 4 aliphatic rings. The van der Waals surface area contributed by atoms with E-state index in [0.29, 0.717) is 36.7 Å². The number of carbonyl (C=O) groups is 3. The first-order chi connectivity index (χ1) is 16.9. The number of H-pyrrole nitrogens is 1. The van der Waals surface area contributed by atoms with Crippen LogP contribution >= 0.6 is 0 Å². The van der Waals surface area contributed by atoms with Crippen LogP contribution in [0, 0.1) is 40.9 Å². The summed E-state index contributed by atoms with van der Waals surface area (Å²) in [5.41, 5.74) is 0.0528. The fourth-order valence-electron chi connectivity index (χ4n) is 6.74. The summed E-state index contributed by atoms with van der Waals surface area (Å²) >= 11 is 0. The summed E-state index contributed by atoms with van der Waals surface area (Å²) in [6.45, 7) is 0.662. The van der Waals surface area contributed by atoms with Crippen LogP contribution in [-0.2, 0) is 9.59 Å². The number of carbonyl (C=O) groups excluding carboxylic acids is 3. The van der Waals surface area contributed by atoms with Crippen molar-refractivity contribution in [2.24, 2.45) is 29.6 Å². The number of benzene rings is 1. The van der Waals surface area contributed by atoms with Crippen molar-refractivity contribution in [3.63, 3.8) is 0 Å². The number of nitrogens with one attached hydrogen (secondary N) is 4.